The molecule has 104 valence electrons. The fourth-order valence-corrected chi connectivity index (χ4v) is 3.12. The third-order valence-corrected chi connectivity index (χ3v) is 4.39. The Morgan fingerprint density at radius 3 is 2.70 bits per heavy atom. The second-order valence-electron chi connectivity index (χ2n) is 4.43. The van der Waals surface area contributed by atoms with Crippen LogP contribution in [0, 0.1) is 0 Å². The quantitative estimate of drug-likeness (QED) is 0.652. The molecule has 20 heavy (non-hydrogen) atoms. The lowest BCUT2D eigenvalue weighted by atomic mass is 10.1. The van der Waals surface area contributed by atoms with E-state index in [0.29, 0.717) is 0 Å². The SMILES string of the molecule is CCNC(c1cc2cccc(Br)c2o1)c1occc1Br. The van der Waals surface area contributed by atoms with Gasteiger partial charge in [0.05, 0.1) is 15.2 Å². The van der Waals surface area contributed by atoms with E-state index in [-0.39, 0.29) is 6.04 Å². The molecule has 1 aromatic carbocycles. The molecule has 0 spiro atoms. The summed E-state index contributed by atoms with van der Waals surface area (Å²) in [4.78, 5) is 0. The Balaban J connectivity index is 2.10. The molecule has 0 aliphatic rings. The van der Waals surface area contributed by atoms with Gasteiger partial charge < -0.3 is 14.2 Å². The van der Waals surface area contributed by atoms with Gasteiger partial charge >= 0.3 is 0 Å². The normalized spacial score (nSPS) is 12.9. The fraction of sp³-hybridized carbons (Fsp3) is 0.200. The van der Waals surface area contributed by atoms with Crippen LogP contribution in [-0.2, 0) is 0 Å². The summed E-state index contributed by atoms with van der Waals surface area (Å²) in [6, 6.07) is 9.83. The zero-order valence-corrected chi connectivity index (χ0v) is 14.0. The minimum atomic E-state index is -0.108. The Labute approximate surface area is 133 Å². The highest BCUT2D eigenvalue weighted by atomic mass is 79.9. The summed E-state index contributed by atoms with van der Waals surface area (Å²) in [7, 11) is 0. The summed E-state index contributed by atoms with van der Waals surface area (Å²) in [5.74, 6) is 1.66. The van der Waals surface area contributed by atoms with E-state index < -0.39 is 0 Å². The van der Waals surface area contributed by atoms with Crippen LogP contribution >= 0.6 is 31.9 Å². The number of hydrogen-bond acceptors (Lipinski definition) is 3. The van der Waals surface area contributed by atoms with E-state index in [0.717, 1.165) is 38.0 Å². The fourth-order valence-electron chi connectivity index (χ4n) is 2.23. The molecular weight excluding hydrogens is 386 g/mol. The summed E-state index contributed by atoms with van der Waals surface area (Å²) in [6.07, 6.45) is 1.67. The van der Waals surface area contributed by atoms with Gasteiger partial charge in [-0.25, -0.2) is 0 Å². The van der Waals surface area contributed by atoms with Crippen molar-refractivity contribution in [3.05, 3.63) is 57.1 Å². The first-order valence-electron chi connectivity index (χ1n) is 6.35. The average Bonchev–Trinajstić information content (AvgIpc) is 3.03. The molecular formula is C15H13Br2NO2. The predicted molar refractivity (Wildman–Crippen MR) is 85.8 cm³/mol. The Bertz CT molecular complexity index is 732. The molecule has 3 aromatic rings. The van der Waals surface area contributed by atoms with Crippen molar-refractivity contribution in [2.45, 2.75) is 13.0 Å². The standard InChI is InChI=1S/C15H13Br2NO2/c1-2-18-13(15-11(17)6-7-19-15)12-8-9-4-3-5-10(16)14(9)20-12/h3-8,13,18H,2H2,1H3. The first-order valence-corrected chi connectivity index (χ1v) is 7.93. The largest absolute Gasteiger partial charge is 0.466 e. The predicted octanol–water partition coefficient (Wildman–Crippen LogP) is 5.25. The van der Waals surface area contributed by atoms with Crippen LogP contribution in [0.3, 0.4) is 0 Å². The van der Waals surface area contributed by atoms with Crippen LogP contribution in [0.2, 0.25) is 0 Å². The molecule has 0 radical (unpaired) electrons. The minimum Gasteiger partial charge on any atom is -0.466 e. The summed E-state index contributed by atoms with van der Waals surface area (Å²) in [5.41, 5.74) is 0.855. The van der Waals surface area contributed by atoms with E-state index in [1.807, 2.05) is 30.3 Å². The lowest BCUT2D eigenvalue weighted by molar-refractivity contribution is 0.402. The molecule has 0 fully saturated rings. The average molecular weight is 399 g/mol. The second-order valence-corrected chi connectivity index (χ2v) is 6.14. The van der Waals surface area contributed by atoms with Crippen LogP contribution in [-0.4, -0.2) is 6.54 Å². The monoisotopic (exact) mass is 397 g/mol. The van der Waals surface area contributed by atoms with E-state index in [9.17, 15) is 0 Å². The van der Waals surface area contributed by atoms with Gasteiger partial charge in [0.15, 0.2) is 0 Å². The van der Waals surface area contributed by atoms with Gasteiger partial charge in [-0.1, -0.05) is 19.1 Å². The number of nitrogens with one attached hydrogen (secondary N) is 1. The Kier molecular flexibility index (Phi) is 4.01. The molecule has 0 saturated carbocycles. The Hall–Kier alpha value is -1.04. The van der Waals surface area contributed by atoms with Crippen LogP contribution in [0.25, 0.3) is 11.0 Å². The zero-order chi connectivity index (χ0) is 14.1. The lowest BCUT2D eigenvalue weighted by Gasteiger charge is -2.13. The highest BCUT2D eigenvalue weighted by molar-refractivity contribution is 9.11. The van der Waals surface area contributed by atoms with Crippen LogP contribution in [0.5, 0.6) is 0 Å². The lowest BCUT2D eigenvalue weighted by Crippen LogP contribution is -2.21. The van der Waals surface area contributed by atoms with Crippen molar-refractivity contribution in [2.24, 2.45) is 0 Å². The number of rotatable bonds is 4. The van der Waals surface area contributed by atoms with Gasteiger partial charge in [0.25, 0.3) is 0 Å². The van der Waals surface area contributed by atoms with Crippen LogP contribution in [0.4, 0.5) is 0 Å². The third-order valence-electron chi connectivity index (χ3n) is 3.11. The van der Waals surface area contributed by atoms with Crippen LogP contribution < -0.4 is 5.32 Å². The van der Waals surface area contributed by atoms with Gasteiger partial charge in [0.1, 0.15) is 23.1 Å². The molecule has 0 amide bonds. The van der Waals surface area contributed by atoms with Crippen molar-refractivity contribution in [3.63, 3.8) is 0 Å². The zero-order valence-electron chi connectivity index (χ0n) is 10.8. The Morgan fingerprint density at radius 2 is 2.05 bits per heavy atom. The molecule has 0 aliphatic heterocycles. The van der Waals surface area contributed by atoms with E-state index in [4.69, 9.17) is 8.83 Å². The molecule has 1 N–H and O–H groups in total. The number of benzene rings is 1. The molecule has 3 rings (SSSR count). The molecule has 0 bridgehead atoms. The number of para-hydroxylation sites is 1. The molecule has 3 nitrogen and oxygen atoms in total. The maximum Gasteiger partial charge on any atom is 0.148 e. The highest BCUT2D eigenvalue weighted by Gasteiger charge is 2.23. The number of hydrogen-bond donors (Lipinski definition) is 1. The third kappa shape index (κ3) is 2.45. The first-order chi connectivity index (χ1) is 9.70. The maximum absolute atomic E-state index is 6.00. The van der Waals surface area contributed by atoms with E-state index in [1.165, 1.54) is 0 Å². The van der Waals surface area contributed by atoms with E-state index >= 15 is 0 Å². The van der Waals surface area contributed by atoms with Crippen LogP contribution in [0.15, 0.2) is 54.4 Å². The van der Waals surface area contributed by atoms with Crippen molar-refractivity contribution in [1.29, 1.82) is 0 Å². The summed E-state index contributed by atoms with van der Waals surface area (Å²) >= 11 is 7.02. The maximum atomic E-state index is 6.00. The van der Waals surface area contributed by atoms with Crippen molar-refractivity contribution < 1.29 is 8.83 Å². The number of halogens is 2. The summed E-state index contributed by atoms with van der Waals surface area (Å²) < 4.78 is 13.5. The minimum absolute atomic E-state index is 0.108. The molecule has 5 heteroatoms. The van der Waals surface area contributed by atoms with E-state index in [2.05, 4.69) is 44.1 Å². The number of furan rings is 2. The van der Waals surface area contributed by atoms with Crippen molar-refractivity contribution in [1.82, 2.24) is 5.32 Å². The number of fused-ring (bicyclic) bond motifs is 1. The molecule has 0 saturated heterocycles. The van der Waals surface area contributed by atoms with E-state index in [1.54, 1.807) is 6.26 Å². The van der Waals surface area contributed by atoms with Crippen molar-refractivity contribution in [2.75, 3.05) is 6.54 Å². The molecule has 1 atom stereocenters. The second kappa shape index (κ2) is 5.76. The molecule has 0 aliphatic carbocycles. The summed E-state index contributed by atoms with van der Waals surface area (Å²) in [6.45, 7) is 2.87. The van der Waals surface area contributed by atoms with Gasteiger partial charge in [-0.3, -0.25) is 0 Å². The highest BCUT2D eigenvalue weighted by Crippen LogP contribution is 2.34. The Morgan fingerprint density at radius 1 is 1.20 bits per heavy atom. The van der Waals surface area contributed by atoms with Crippen molar-refractivity contribution in [3.8, 4) is 0 Å². The van der Waals surface area contributed by atoms with Crippen molar-refractivity contribution >= 4 is 42.8 Å². The first kappa shape index (κ1) is 13.9. The van der Waals surface area contributed by atoms with Crippen LogP contribution in [0.1, 0.15) is 24.5 Å². The summed E-state index contributed by atoms with van der Waals surface area (Å²) in [5, 5.41) is 4.46. The van der Waals surface area contributed by atoms with Gasteiger partial charge in [0.2, 0.25) is 0 Å². The topological polar surface area (TPSA) is 38.3 Å². The van der Waals surface area contributed by atoms with Gasteiger partial charge in [0, 0.05) is 5.39 Å². The van der Waals surface area contributed by atoms with Gasteiger partial charge in [-0.2, -0.15) is 0 Å². The van der Waals surface area contributed by atoms with Gasteiger partial charge in [-0.05, 0) is 56.6 Å². The molecule has 1 unspecified atom stereocenters. The molecule has 2 aromatic heterocycles. The molecule has 2 heterocycles. The van der Waals surface area contributed by atoms with Gasteiger partial charge in [-0.15, -0.1) is 0 Å². The smallest absolute Gasteiger partial charge is 0.148 e.